The van der Waals surface area contributed by atoms with E-state index in [9.17, 15) is 9.18 Å². The SMILES string of the molecule is CCn1c(SCC#CCO)nc2sc(C)c(-c3ccc(F)cc3)c2c1=O. The van der Waals surface area contributed by atoms with Crippen LogP contribution >= 0.6 is 23.1 Å². The van der Waals surface area contributed by atoms with E-state index in [0.29, 0.717) is 27.7 Å². The van der Waals surface area contributed by atoms with Crippen LogP contribution in [0.2, 0.25) is 0 Å². The van der Waals surface area contributed by atoms with Gasteiger partial charge >= 0.3 is 0 Å². The fourth-order valence-electron chi connectivity index (χ4n) is 2.74. The van der Waals surface area contributed by atoms with Crippen molar-refractivity contribution in [3.63, 3.8) is 0 Å². The van der Waals surface area contributed by atoms with E-state index in [1.807, 2.05) is 13.8 Å². The van der Waals surface area contributed by atoms with Crippen LogP contribution in [0.15, 0.2) is 34.2 Å². The Hall–Kier alpha value is -2.14. The minimum Gasteiger partial charge on any atom is -0.384 e. The molecule has 0 radical (unpaired) electrons. The number of fused-ring (bicyclic) bond motifs is 1. The summed E-state index contributed by atoms with van der Waals surface area (Å²) < 4.78 is 14.9. The molecule has 0 spiro atoms. The lowest BCUT2D eigenvalue weighted by atomic mass is 10.0. The van der Waals surface area contributed by atoms with E-state index in [2.05, 4.69) is 16.8 Å². The van der Waals surface area contributed by atoms with Gasteiger partial charge in [0.15, 0.2) is 5.16 Å². The topological polar surface area (TPSA) is 55.1 Å². The number of rotatable bonds is 4. The van der Waals surface area contributed by atoms with E-state index >= 15 is 0 Å². The Kier molecular flexibility index (Phi) is 5.77. The molecule has 3 aromatic rings. The van der Waals surface area contributed by atoms with E-state index < -0.39 is 0 Å². The van der Waals surface area contributed by atoms with Crippen molar-refractivity contribution in [3.8, 4) is 23.0 Å². The van der Waals surface area contributed by atoms with E-state index in [1.54, 1.807) is 16.7 Å². The lowest BCUT2D eigenvalue weighted by Crippen LogP contribution is -2.22. The quantitative estimate of drug-likeness (QED) is 0.421. The molecule has 4 nitrogen and oxygen atoms in total. The average molecular weight is 388 g/mol. The number of aryl methyl sites for hydroxylation is 1. The van der Waals surface area contributed by atoms with Gasteiger partial charge < -0.3 is 5.11 Å². The molecule has 0 aliphatic rings. The average Bonchev–Trinajstić information content (AvgIpc) is 2.96. The fourth-order valence-corrected chi connectivity index (χ4v) is 4.66. The molecule has 2 aromatic heterocycles. The second-order valence-corrected chi connectivity index (χ2v) is 7.61. The highest BCUT2D eigenvalue weighted by molar-refractivity contribution is 7.99. The summed E-state index contributed by atoms with van der Waals surface area (Å²) in [6.45, 7) is 4.16. The molecule has 0 unspecified atom stereocenters. The minimum absolute atomic E-state index is 0.0983. The third kappa shape index (κ3) is 3.54. The summed E-state index contributed by atoms with van der Waals surface area (Å²) in [4.78, 5) is 19.4. The Morgan fingerprint density at radius 1 is 1.31 bits per heavy atom. The van der Waals surface area contributed by atoms with Gasteiger partial charge in [0.1, 0.15) is 17.3 Å². The van der Waals surface area contributed by atoms with Gasteiger partial charge in [0.05, 0.1) is 11.1 Å². The molecule has 0 saturated carbocycles. The van der Waals surface area contributed by atoms with Crippen molar-refractivity contribution < 1.29 is 9.50 Å². The van der Waals surface area contributed by atoms with Crippen molar-refractivity contribution in [2.75, 3.05) is 12.4 Å². The van der Waals surface area contributed by atoms with Gasteiger partial charge in [-0.1, -0.05) is 35.7 Å². The van der Waals surface area contributed by atoms with E-state index in [4.69, 9.17) is 5.11 Å². The standard InChI is InChI=1S/C19H17FN2O2S2/c1-3-22-18(24)16-15(13-6-8-14(20)9-7-13)12(2)26-17(16)21-19(22)25-11-5-4-10-23/h6-9,23H,3,10-11H2,1-2H3. The van der Waals surface area contributed by atoms with Gasteiger partial charge in [-0.25, -0.2) is 9.37 Å². The van der Waals surface area contributed by atoms with Crippen LogP contribution in [0.25, 0.3) is 21.3 Å². The third-order valence-electron chi connectivity index (χ3n) is 3.88. The zero-order valence-corrected chi connectivity index (χ0v) is 16.0. The Morgan fingerprint density at radius 2 is 2.04 bits per heavy atom. The zero-order chi connectivity index (χ0) is 18.7. The van der Waals surface area contributed by atoms with Crippen molar-refractivity contribution in [2.24, 2.45) is 0 Å². The molecule has 134 valence electrons. The number of benzene rings is 1. The highest BCUT2D eigenvalue weighted by Gasteiger charge is 2.19. The molecule has 0 aliphatic heterocycles. The van der Waals surface area contributed by atoms with Crippen LogP contribution in [0.3, 0.4) is 0 Å². The maximum absolute atomic E-state index is 13.3. The fraction of sp³-hybridized carbons (Fsp3) is 0.263. The Bertz CT molecular complexity index is 1060. The van der Waals surface area contributed by atoms with Crippen LogP contribution in [-0.4, -0.2) is 27.0 Å². The molecular formula is C19H17FN2O2S2. The molecule has 0 fully saturated rings. The van der Waals surface area contributed by atoms with Gasteiger partial charge in [-0.3, -0.25) is 9.36 Å². The largest absolute Gasteiger partial charge is 0.384 e. The summed E-state index contributed by atoms with van der Waals surface area (Å²) >= 11 is 2.84. The molecular weight excluding hydrogens is 371 g/mol. The minimum atomic E-state index is -0.308. The lowest BCUT2D eigenvalue weighted by molar-refractivity contribution is 0.350. The molecule has 2 heterocycles. The summed E-state index contributed by atoms with van der Waals surface area (Å²) in [6, 6.07) is 6.17. The van der Waals surface area contributed by atoms with Crippen LogP contribution < -0.4 is 5.56 Å². The molecule has 0 bridgehead atoms. The second kappa shape index (κ2) is 8.04. The summed E-state index contributed by atoms with van der Waals surface area (Å²) in [5.74, 6) is 5.56. The lowest BCUT2D eigenvalue weighted by Gasteiger charge is -2.09. The van der Waals surface area contributed by atoms with Gasteiger partial charge in [-0.2, -0.15) is 0 Å². The van der Waals surface area contributed by atoms with Gasteiger partial charge in [0, 0.05) is 17.0 Å². The van der Waals surface area contributed by atoms with Gasteiger partial charge in [-0.15, -0.1) is 11.3 Å². The number of aliphatic hydroxyl groups is 1. The zero-order valence-electron chi connectivity index (χ0n) is 14.4. The first-order valence-electron chi connectivity index (χ1n) is 8.06. The first-order valence-corrected chi connectivity index (χ1v) is 9.86. The van der Waals surface area contributed by atoms with Crippen LogP contribution in [0.5, 0.6) is 0 Å². The Labute approximate surface area is 158 Å². The van der Waals surface area contributed by atoms with Crippen molar-refractivity contribution in [3.05, 3.63) is 45.3 Å². The predicted molar refractivity (Wildman–Crippen MR) is 105 cm³/mol. The first kappa shape index (κ1) is 18.6. The predicted octanol–water partition coefficient (Wildman–Crippen LogP) is 3.68. The van der Waals surface area contributed by atoms with E-state index in [-0.39, 0.29) is 18.0 Å². The number of hydrogen-bond acceptors (Lipinski definition) is 5. The smallest absolute Gasteiger partial charge is 0.263 e. The maximum Gasteiger partial charge on any atom is 0.263 e. The molecule has 1 aromatic carbocycles. The van der Waals surface area contributed by atoms with E-state index in [0.717, 1.165) is 16.0 Å². The molecule has 26 heavy (non-hydrogen) atoms. The maximum atomic E-state index is 13.3. The molecule has 0 amide bonds. The number of aliphatic hydroxyl groups excluding tert-OH is 1. The third-order valence-corrected chi connectivity index (χ3v) is 5.74. The summed E-state index contributed by atoms with van der Waals surface area (Å²) in [7, 11) is 0. The van der Waals surface area contributed by atoms with Gasteiger partial charge in [0.25, 0.3) is 5.56 Å². The van der Waals surface area contributed by atoms with Crippen molar-refractivity contribution in [1.82, 2.24) is 9.55 Å². The molecule has 0 saturated heterocycles. The summed E-state index contributed by atoms with van der Waals surface area (Å²) in [5, 5.41) is 9.92. The van der Waals surface area contributed by atoms with Crippen molar-refractivity contribution in [1.29, 1.82) is 0 Å². The summed E-state index contributed by atoms with van der Waals surface area (Å²) in [6.07, 6.45) is 0. The number of halogens is 1. The number of hydrogen-bond donors (Lipinski definition) is 1. The van der Waals surface area contributed by atoms with Gasteiger partial charge in [0.2, 0.25) is 0 Å². The highest BCUT2D eigenvalue weighted by atomic mass is 32.2. The van der Waals surface area contributed by atoms with Crippen LogP contribution in [0.4, 0.5) is 4.39 Å². The van der Waals surface area contributed by atoms with Crippen LogP contribution in [0.1, 0.15) is 11.8 Å². The number of thiophene rings is 1. The number of aromatic nitrogens is 2. The molecule has 3 rings (SSSR count). The molecule has 7 heteroatoms. The molecule has 0 atom stereocenters. The van der Waals surface area contributed by atoms with E-state index in [1.165, 1.54) is 35.2 Å². The van der Waals surface area contributed by atoms with Crippen LogP contribution in [-0.2, 0) is 6.54 Å². The Balaban J connectivity index is 2.17. The first-order chi connectivity index (χ1) is 12.6. The Morgan fingerprint density at radius 3 is 2.69 bits per heavy atom. The number of thioether (sulfide) groups is 1. The van der Waals surface area contributed by atoms with Gasteiger partial charge in [-0.05, 0) is 31.5 Å². The monoisotopic (exact) mass is 388 g/mol. The summed E-state index contributed by atoms with van der Waals surface area (Å²) in [5.41, 5.74) is 1.53. The highest BCUT2D eigenvalue weighted by Crippen LogP contribution is 2.36. The normalized spacial score (nSPS) is 10.8. The van der Waals surface area contributed by atoms with Crippen LogP contribution in [0, 0.1) is 24.6 Å². The number of nitrogens with zero attached hydrogens (tertiary/aromatic N) is 2. The molecule has 1 N–H and O–H groups in total. The second-order valence-electron chi connectivity index (χ2n) is 5.46. The molecule has 0 aliphatic carbocycles. The van der Waals surface area contributed by atoms with Crippen molar-refractivity contribution in [2.45, 2.75) is 25.5 Å². The van der Waals surface area contributed by atoms with Crippen molar-refractivity contribution >= 4 is 33.3 Å².